The molecular weight excluding hydrogens is 556 g/mol. The highest BCUT2D eigenvalue weighted by molar-refractivity contribution is 7.17. The lowest BCUT2D eigenvalue weighted by Crippen LogP contribution is -2.29. The number of hydrogen-bond acceptors (Lipinski definition) is 9. The molecule has 4 aromatic rings. The standard InChI is InChI=1S/C31H32N4O6S/c1-6-8-15-41-21-13-9-12-20(16-21)24-22(25(36)23-19(5)34-14-10-11-17(3)28(34)33-23)26(37)29(38)35(24)31-32-18(4)27(42-31)30(39)40-7-2/h9-14,16,24,36H,6-8,15H2,1-5H3/b25-22+. The Morgan fingerprint density at radius 1 is 1.10 bits per heavy atom. The van der Waals surface area contributed by atoms with Crippen LogP contribution in [0.25, 0.3) is 11.4 Å². The zero-order valence-corrected chi connectivity index (χ0v) is 24.9. The summed E-state index contributed by atoms with van der Waals surface area (Å²) in [6, 6.07) is 9.80. The zero-order valence-electron chi connectivity index (χ0n) is 24.1. The van der Waals surface area contributed by atoms with Crippen LogP contribution in [0.15, 0.2) is 48.2 Å². The van der Waals surface area contributed by atoms with Crippen molar-refractivity contribution in [2.75, 3.05) is 18.1 Å². The average molecular weight is 589 g/mol. The molecule has 1 aromatic carbocycles. The minimum absolute atomic E-state index is 0.125. The fourth-order valence-electron chi connectivity index (χ4n) is 5.00. The molecule has 1 N–H and O–H groups in total. The second-order valence-corrected chi connectivity index (χ2v) is 11.0. The number of hydrogen-bond donors (Lipinski definition) is 1. The number of Topliss-reactive ketones (excluding diaryl/α,β-unsaturated/α-hetero) is 1. The summed E-state index contributed by atoms with van der Waals surface area (Å²) < 4.78 is 12.9. The Kier molecular flexibility index (Phi) is 8.13. The number of ether oxygens (including phenoxy) is 2. The number of unbranched alkanes of at least 4 members (excludes halogenated alkanes) is 1. The number of aryl methyl sites for hydroxylation is 3. The number of aliphatic hydroxyl groups excluding tert-OH is 1. The van der Waals surface area contributed by atoms with E-state index in [2.05, 4.69) is 16.9 Å². The van der Waals surface area contributed by atoms with Crippen molar-refractivity contribution < 1.29 is 29.0 Å². The van der Waals surface area contributed by atoms with E-state index in [1.165, 1.54) is 4.90 Å². The number of anilines is 1. The summed E-state index contributed by atoms with van der Waals surface area (Å²) in [6.45, 7) is 9.79. The topological polar surface area (TPSA) is 123 Å². The smallest absolute Gasteiger partial charge is 0.350 e. The van der Waals surface area contributed by atoms with Crippen molar-refractivity contribution in [3.8, 4) is 5.75 Å². The van der Waals surface area contributed by atoms with Gasteiger partial charge in [-0.2, -0.15) is 0 Å². The summed E-state index contributed by atoms with van der Waals surface area (Å²) in [5.74, 6) is -2.14. The van der Waals surface area contributed by atoms with Crippen LogP contribution in [-0.2, 0) is 14.3 Å². The van der Waals surface area contributed by atoms with Crippen LogP contribution in [0.4, 0.5) is 5.13 Å². The van der Waals surface area contributed by atoms with Crippen LogP contribution < -0.4 is 9.64 Å². The predicted molar refractivity (Wildman–Crippen MR) is 159 cm³/mol. The minimum Gasteiger partial charge on any atom is -0.505 e. The van der Waals surface area contributed by atoms with Crippen LogP contribution in [0.5, 0.6) is 5.75 Å². The number of ketones is 1. The predicted octanol–water partition coefficient (Wildman–Crippen LogP) is 5.70. The van der Waals surface area contributed by atoms with E-state index in [1.807, 2.05) is 29.7 Å². The second-order valence-electron chi connectivity index (χ2n) is 10.0. The first-order valence-corrected chi connectivity index (χ1v) is 14.6. The number of fused-ring (bicyclic) bond motifs is 1. The van der Waals surface area contributed by atoms with Gasteiger partial charge in [-0.3, -0.25) is 14.5 Å². The average Bonchev–Trinajstić information content (AvgIpc) is 3.61. The van der Waals surface area contributed by atoms with E-state index in [0.29, 0.717) is 35.0 Å². The molecule has 0 radical (unpaired) electrons. The first kappa shape index (κ1) is 29.0. The van der Waals surface area contributed by atoms with Gasteiger partial charge < -0.3 is 19.0 Å². The van der Waals surface area contributed by atoms with Crippen molar-refractivity contribution >= 4 is 45.5 Å². The van der Waals surface area contributed by atoms with E-state index in [1.54, 1.807) is 45.0 Å². The number of carbonyl (C=O) groups is 3. The largest absolute Gasteiger partial charge is 0.505 e. The van der Waals surface area contributed by atoms with Gasteiger partial charge in [0.2, 0.25) is 0 Å². The number of imidazole rings is 1. The number of carbonyl (C=O) groups excluding carboxylic acids is 3. The number of esters is 1. The number of aromatic nitrogens is 3. The summed E-state index contributed by atoms with van der Waals surface area (Å²) in [5.41, 5.74) is 3.11. The number of thiazole rings is 1. The van der Waals surface area contributed by atoms with Crippen molar-refractivity contribution in [1.82, 2.24) is 14.4 Å². The molecule has 0 bridgehead atoms. The molecule has 1 saturated heterocycles. The van der Waals surface area contributed by atoms with E-state index in [9.17, 15) is 19.5 Å². The van der Waals surface area contributed by atoms with Gasteiger partial charge in [-0.05, 0) is 63.4 Å². The van der Waals surface area contributed by atoms with Gasteiger partial charge in [0.1, 0.15) is 22.0 Å². The van der Waals surface area contributed by atoms with Crippen molar-refractivity contribution in [2.24, 2.45) is 0 Å². The Hall–Kier alpha value is -4.51. The molecule has 1 unspecified atom stereocenters. The normalized spacial score (nSPS) is 16.4. The van der Waals surface area contributed by atoms with Crippen molar-refractivity contribution in [2.45, 2.75) is 53.5 Å². The molecule has 10 nitrogen and oxygen atoms in total. The third-order valence-electron chi connectivity index (χ3n) is 7.15. The molecule has 3 aromatic heterocycles. The van der Waals surface area contributed by atoms with Gasteiger partial charge in [0, 0.05) is 6.20 Å². The fourth-order valence-corrected chi connectivity index (χ4v) is 5.99. The third kappa shape index (κ3) is 5.04. The highest BCUT2D eigenvalue weighted by atomic mass is 32.1. The summed E-state index contributed by atoms with van der Waals surface area (Å²) in [4.78, 5) is 50.6. The quantitative estimate of drug-likeness (QED) is 0.0869. The van der Waals surface area contributed by atoms with Crippen LogP contribution in [0.2, 0.25) is 0 Å². The molecular formula is C31H32N4O6S. The summed E-state index contributed by atoms with van der Waals surface area (Å²) in [5, 5.41) is 11.9. The number of aliphatic hydroxyl groups is 1. The molecule has 5 rings (SSSR count). The zero-order chi connectivity index (χ0) is 30.1. The molecule has 1 aliphatic rings. The molecule has 218 valence electrons. The van der Waals surface area contributed by atoms with Crippen LogP contribution in [0, 0.1) is 20.8 Å². The molecule has 1 fully saturated rings. The molecule has 11 heteroatoms. The van der Waals surface area contributed by atoms with Gasteiger partial charge >= 0.3 is 11.9 Å². The Bertz CT molecular complexity index is 1740. The van der Waals surface area contributed by atoms with Crippen LogP contribution in [0.1, 0.15) is 70.6 Å². The summed E-state index contributed by atoms with van der Waals surface area (Å²) in [7, 11) is 0. The molecule has 0 saturated carbocycles. The molecule has 1 aliphatic heterocycles. The van der Waals surface area contributed by atoms with Crippen LogP contribution >= 0.6 is 11.3 Å². The van der Waals surface area contributed by atoms with E-state index in [0.717, 1.165) is 29.7 Å². The third-order valence-corrected chi connectivity index (χ3v) is 8.28. The molecule has 0 aliphatic carbocycles. The first-order valence-electron chi connectivity index (χ1n) is 13.8. The Morgan fingerprint density at radius 2 is 1.88 bits per heavy atom. The van der Waals surface area contributed by atoms with Gasteiger partial charge in [0.15, 0.2) is 10.9 Å². The van der Waals surface area contributed by atoms with E-state index in [-0.39, 0.29) is 27.9 Å². The molecule has 0 spiro atoms. The molecule has 1 atom stereocenters. The lowest BCUT2D eigenvalue weighted by atomic mass is 9.96. The van der Waals surface area contributed by atoms with Crippen LogP contribution in [0.3, 0.4) is 0 Å². The Balaban J connectivity index is 1.70. The Labute approximate surface area is 247 Å². The minimum atomic E-state index is -1.05. The van der Waals surface area contributed by atoms with Gasteiger partial charge in [0.05, 0.1) is 36.2 Å². The summed E-state index contributed by atoms with van der Waals surface area (Å²) in [6.07, 6.45) is 3.65. The maximum Gasteiger partial charge on any atom is 0.350 e. The first-order chi connectivity index (χ1) is 20.2. The number of amides is 1. The lowest BCUT2D eigenvalue weighted by Gasteiger charge is -2.23. The number of nitrogens with zero attached hydrogens (tertiary/aromatic N) is 4. The van der Waals surface area contributed by atoms with E-state index in [4.69, 9.17) is 9.47 Å². The van der Waals surface area contributed by atoms with E-state index >= 15 is 0 Å². The number of benzene rings is 1. The van der Waals surface area contributed by atoms with Crippen molar-refractivity contribution in [3.63, 3.8) is 0 Å². The molecule has 4 heterocycles. The molecule has 1 amide bonds. The number of pyridine rings is 1. The number of rotatable bonds is 9. The second kappa shape index (κ2) is 11.8. The SMILES string of the molecule is CCCCOc1cccc(C2/C(=C(\O)c3nc4c(C)cccn4c3C)C(=O)C(=O)N2c2nc(C)c(C(=O)OCC)s2)c1. The van der Waals surface area contributed by atoms with Gasteiger partial charge in [0.25, 0.3) is 5.78 Å². The van der Waals surface area contributed by atoms with E-state index < -0.39 is 29.5 Å². The monoisotopic (exact) mass is 588 g/mol. The molecule has 42 heavy (non-hydrogen) atoms. The van der Waals surface area contributed by atoms with Crippen molar-refractivity contribution in [1.29, 1.82) is 0 Å². The maximum absolute atomic E-state index is 13.7. The maximum atomic E-state index is 13.7. The highest BCUT2D eigenvalue weighted by Gasteiger charge is 2.49. The Morgan fingerprint density at radius 3 is 2.60 bits per heavy atom. The van der Waals surface area contributed by atoms with Crippen LogP contribution in [-0.4, -0.2) is 50.3 Å². The van der Waals surface area contributed by atoms with Crippen molar-refractivity contribution in [3.05, 3.63) is 81.3 Å². The van der Waals surface area contributed by atoms with Gasteiger partial charge in [-0.1, -0.05) is 42.9 Å². The highest BCUT2D eigenvalue weighted by Crippen LogP contribution is 2.44. The summed E-state index contributed by atoms with van der Waals surface area (Å²) >= 11 is 0.961. The van der Waals surface area contributed by atoms with Gasteiger partial charge in [-0.25, -0.2) is 14.8 Å². The van der Waals surface area contributed by atoms with Gasteiger partial charge in [-0.15, -0.1) is 0 Å². The lowest BCUT2D eigenvalue weighted by molar-refractivity contribution is -0.132. The fraction of sp³-hybridized carbons (Fsp3) is 0.323.